The fraction of sp³-hybridized carbons (Fsp3) is 1.00. The van der Waals surface area contributed by atoms with Gasteiger partial charge in [0.1, 0.15) is 0 Å². The summed E-state index contributed by atoms with van der Waals surface area (Å²) in [5.41, 5.74) is 0.172. The van der Waals surface area contributed by atoms with Crippen LogP contribution in [0.3, 0.4) is 0 Å². The van der Waals surface area contributed by atoms with Gasteiger partial charge in [0.15, 0.2) is 0 Å². The molecule has 0 aliphatic carbocycles. The summed E-state index contributed by atoms with van der Waals surface area (Å²) in [5.74, 6) is 0. The number of hydrogen-bond donors (Lipinski definition) is 2. The Morgan fingerprint density at radius 2 is 1.94 bits per heavy atom. The predicted molar refractivity (Wildman–Crippen MR) is 74.8 cm³/mol. The van der Waals surface area contributed by atoms with E-state index in [0.29, 0.717) is 0 Å². The average Bonchev–Trinajstić information content (AvgIpc) is 2.58. The molecule has 2 rings (SSSR count). The van der Waals surface area contributed by atoms with Crippen LogP contribution in [0.25, 0.3) is 0 Å². The zero-order valence-electron chi connectivity index (χ0n) is 11.9. The first-order valence-corrected chi connectivity index (χ1v) is 8.00. The third-order valence-electron chi connectivity index (χ3n) is 4.15. The fourth-order valence-corrected chi connectivity index (χ4v) is 3.90. The van der Waals surface area contributed by atoms with Crippen LogP contribution in [0.5, 0.6) is 0 Å². The quantitative estimate of drug-likeness (QED) is 0.795. The molecule has 0 bridgehead atoms. The van der Waals surface area contributed by atoms with E-state index in [1.165, 1.54) is 0 Å². The Hall–Kier alpha value is 0.0300. The largest absolute Gasteiger partial charge is 0.376 e. The summed E-state index contributed by atoms with van der Waals surface area (Å²) in [7, 11) is -1.03. The van der Waals surface area contributed by atoms with Gasteiger partial charge in [0.2, 0.25) is 0 Å². The van der Waals surface area contributed by atoms with Gasteiger partial charge >= 0.3 is 0 Å². The summed E-state index contributed by atoms with van der Waals surface area (Å²) in [6.07, 6.45) is 2.36. The molecular formula is C13H26N2O2S. The van der Waals surface area contributed by atoms with E-state index < -0.39 is 11.0 Å². The molecule has 2 aliphatic heterocycles. The summed E-state index contributed by atoms with van der Waals surface area (Å²) in [6.45, 7) is 11.0. The smallest absolute Gasteiger partial charge is 0.0973 e. The van der Waals surface area contributed by atoms with Gasteiger partial charge in [-0.2, -0.15) is 0 Å². The molecule has 3 atom stereocenters. The molecule has 3 unspecified atom stereocenters. The molecule has 0 aromatic heterocycles. The topological polar surface area (TPSA) is 50.4 Å². The fourth-order valence-electron chi connectivity index (χ4n) is 2.87. The Kier molecular flexibility index (Phi) is 4.17. The van der Waals surface area contributed by atoms with E-state index in [2.05, 4.69) is 17.0 Å². The molecule has 2 N–H and O–H groups in total. The second-order valence-electron chi connectivity index (χ2n) is 6.61. The number of rotatable bonds is 2. The van der Waals surface area contributed by atoms with Gasteiger partial charge in [0.05, 0.1) is 34.5 Å². The molecule has 0 aromatic carbocycles. The highest BCUT2D eigenvalue weighted by atomic mass is 32.2. The van der Waals surface area contributed by atoms with Gasteiger partial charge in [-0.05, 0) is 53.6 Å². The lowest BCUT2D eigenvalue weighted by Crippen LogP contribution is -2.54. The Labute approximate surface area is 113 Å². The number of piperidine rings is 1. The van der Waals surface area contributed by atoms with Gasteiger partial charge in [0, 0.05) is 5.41 Å². The first-order chi connectivity index (χ1) is 8.35. The molecule has 18 heavy (non-hydrogen) atoms. The summed E-state index contributed by atoms with van der Waals surface area (Å²) >= 11 is 0. The maximum Gasteiger partial charge on any atom is 0.0973 e. The highest BCUT2D eigenvalue weighted by Gasteiger charge is 2.49. The monoisotopic (exact) mass is 274 g/mol. The van der Waals surface area contributed by atoms with E-state index in [4.69, 9.17) is 4.74 Å². The number of hydrogen-bond acceptors (Lipinski definition) is 3. The summed E-state index contributed by atoms with van der Waals surface area (Å²) in [6, 6.07) is 0.208. The van der Waals surface area contributed by atoms with Crippen LogP contribution in [0.1, 0.15) is 40.5 Å². The van der Waals surface area contributed by atoms with E-state index in [0.717, 1.165) is 32.5 Å². The lowest BCUT2D eigenvalue weighted by atomic mass is 9.74. The minimum atomic E-state index is -1.03. The molecule has 0 aromatic rings. The van der Waals surface area contributed by atoms with E-state index in [9.17, 15) is 4.21 Å². The standard InChI is InChI=1S/C13H26N2O2S/c1-10-11(15-18(16)12(2,3)4)13(9-17-10)5-7-14-8-6-13/h10-11,14-15H,5-9H2,1-4H3. The molecular weight excluding hydrogens is 248 g/mol. The van der Waals surface area contributed by atoms with E-state index >= 15 is 0 Å². The molecule has 1 spiro atoms. The molecule has 0 saturated carbocycles. The third-order valence-corrected chi connectivity index (χ3v) is 5.73. The maximum absolute atomic E-state index is 12.3. The zero-order valence-corrected chi connectivity index (χ0v) is 12.7. The summed E-state index contributed by atoms with van der Waals surface area (Å²) in [5, 5.41) is 3.40. The summed E-state index contributed by atoms with van der Waals surface area (Å²) in [4.78, 5) is 0. The van der Waals surface area contributed by atoms with Gasteiger partial charge in [-0.1, -0.05) is 0 Å². The minimum Gasteiger partial charge on any atom is -0.376 e. The Morgan fingerprint density at radius 3 is 2.50 bits per heavy atom. The second kappa shape index (κ2) is 5.19. The number of ether oxygens (including phenoxy) is 1. The van der Waals surface area contributed by atoms with Gasteiger partial charge in [-0.15, -0.1) is 0 Å². The van der Waals surface area contributed by atoms with Crippen LogP contribution in [0.15, 0.2) is 0 Å². The van der Waals surface area contributed by atoms with Crippen molar-refractivity contribution < 1.29 is 8.95 Å². The lowest BCUT2D eigenvalue weighted by molar-refractivity contribution is 0.0951. The van der Waals surface area contributed by atoms with E-state index in [1.54, 1.807) is 0 Å². The Morgan fingerprint density at radius 1 is 1.33 bits per heavy atom. The molecule has 2 aliphatic rings. The van der Waals surface area contributed by atoms with E-state index in [-0.39, 0.29) is 22.3 Å². The van der Waals surface area contributed by atoms with Crippen molar-refractivity contribution in [3.8, 4) is 0 Å². The average molecular weight is 274 g/mol. The van der Waals surface area contributed by atoms with Crippen LogP contribution < -0.4 is 10.0 Å². The van der Waals surface area contributed by atoms with Crippen molar-refractivity contribution >= 4 is 11.0 Å². The molecule has 5 heteroatoms. The molecule has 0 radical (unpaired) electrons. The van der Waals surface area contributed by atoms with Crippen LogP contribution in [0.4, 0.5) is 0 Å². The molecule has 106 valence electrons. The maximum atomic E-state index is 12.3. The lowest BCUT2D eigenvalue weighted by Gasteiger charge is -2.39. The SMILES string of the molecule is CC1OCC2(CCNCC2)C1NS(=O)C(C)(C)C. The summed E-state index contributed by atoms with van der Waals surface area (Å²) < 4.78 is 21.3. The van der Waals surface area contributed by atoms with Gasteiger partial charge in [-0.25, -0.2) is 8.93 Å². The second-order valence-corrected chi connectivity index (χ2v) is 8.60. The highest BCUT2D eigenvalue weighted by molar-refractivity contribution is 7.84. The van der Waals surface area contributed by atoms with Crippen LogP contribution in [-0.4, -0.2) is 40.8 Å². The molecule has 0 amide bonds. The first-order valence-electron chi connectivity index (χ1n) is 6.86. The van der Waals surface area contributed by atoms with Crippen molar-refractivity contribution in [1.29, 1.82) is 0 Å². The van der Waals surface area contributed by atoms with Crippen LogP contribution in [0.2, 0.25) is 0 Å². The van der Waals surface area contributed by atoms with Gasteiger partial charge in [-0.3, -0.25) is 0 Å². The van der Waals surface area contributed by atoms with Crippen LogP contribution in [-0.2, 0) is 15.7 Å². The molecule has 2 heterocycles. The van der Waals surface area contributed by atoms with Gasteiger partial charge in [0.25, 0.3) is 0 Å². The highest BCUT2D eigenvalue weighted by Crippen LogP contribution is 2.41. The van der Waals surface area contributed by atoms with Crippen molar-refractivity contribution in [2.45, 2.75) is 57.4 Å². The zero-order chi connectivity index (χ0) is 13.4. The molecule has 2 saturated heterocycles. The molecule has 4 nitrogen and oxygen atoms in total. The van der Waals surface area contributed by atoms with Crippen molar-refractivity contribution in [2.24, 2.45) is 5.41 Å². The van der Waals surface area contributed by atoms with Crippen LogP contribution in [0, 0.1) is 5.41 Å². The van der Waals surface area contributed by atoms with E-state index in [1.807, 2.05) is 20.8 Å². The minimum absolute atomic E-state index is 0.148. The normalized spacial score (nSPS) is 33.8. The van der Waals surface area contributed by atoms with Crippen molar-refractivity contribution in [3.05, 3.63) is 0 Å². The Balaban J connectivity index is 2.10. The van der Waals surface area contributed by atoms with Crippen molar-refractivity contribution in [2.75, 3.05) is 19.7 Å². The Bertz CT molecular complexity index is 316. The van der Waals surface area contributed by atoms with Crippen LogP contribution >= 0.6 is 0 Å². The predicted octanol–water partition coefficient (Wildman–Crippen LogP) is 1.20. The van der Waals surface area contributed by atoms with Crippen molar-refractivity contribution in [3.63, 3.8) is 0 Å². The first kappa shape index (κ1) is 14.4. The van der Waals surface area contributed by atoms with Crippen molar-refractivity contribution in [1.82, 2.24) is 10.0 Å². The molecule has 2 fully saturated rings. The third kappa shape index (κ3) is 2.79. The van der Waals surface area contributed by atoms with Gasteiger partial charge < -0.3 is 10.1 Å². The number of nitrogens with one attached hydrogen (secondary N) is 2.